The summed E-state index contributed by atoms with van der Waals surface area (Å²) in [5, 5.41) is 0. The number of rotatable bonds is 13. The third-order valence-corrected chi connectivity index (χ3v) is 8.71. The van der Waals surface area contributed by atoms with Crippen LogP contribution >= 0.6 is 0 Å². The number of piperidine rings is 1. The molecule has 0 aromatic heterocycles. The van der Waals surface area contributed by atoms with E-state index in [-0.39, 0.29) is 0 Å². The minimum absolute atomic E-state index is 0.435. The smallest absolute Gasteiger partial charge is 0.173 e. The van der Waals surface area contributed by atoms with E-state index in [0.29, 0.717) is 18.0 Å². The minimum atomic E-state index is 0.435. The standard InChI is InChI=1S/C33H52N3O/c1-27(2)18-24-36(25-19-28(3)4)32-13-8-7-12-31(32)35(23-11-22-34-20-9-6-10-21-34)33(36)26-29-14-16-30(37-5)17-15-29/h7-8,12-17,27-28,33H,6,9-11,18-26H2,1-5H3/q+1. The molecule has 0 radical (unpaired) electrons. The second-order valence-electron chi connectivity index (χ2n) is 12.3. The summed E-state index contributed by atoms with van der Waals surface area (Å²) in [7, 11) is 1.76. The molecule has 4 heteroatoms. The van der Waals surface area contributed by atoms with Gasteiger partial charge in [0, 0.05) is 19.0 Å². The van der Waals surface area contributed by atoms with E-state index >= 15 is 0 Å². The predicted octanol–water partition coefficient (Wildman–Crippen LogP) is 7.36. The molecule has 2 aliphatic rings. The highest BCUT2D eigenvalue weighted by molar-refractivity contribution is 5.75. The Morgan fingerprint density at radius 1 is 0.838 bits per heavy atom. The van der Waals surface area contributed by atoms with Gasteiger partial charge >= 0.3 is 0 Å². The highest BCUT2D eigenvalue weighted by atomic mass is 16.5. The Balaban J connectivity index is 1.67. The van der Waals surface area contributed by atoms with Crippen LogP contribution < -0.4 is 14.1 Å². The molecule has 1 atom stereocenters. The summed E-state index contributed by atoms with van der Waals surface area (Å²) in [6.07, 6.45) is 9.41. The Morgan fingerprint density at radius 2 is 1.49 bits per heavy atom. The zero-order chi connectivity index (χ0) is 26.3. The van der Waals surface area contributed by atoms with Crippen LogP contribution in [0.5, 0.6) is 5.75 Å². The van der Waals surface area contributed by atoms with Crippen LogP contribution in [0.15, 0.2) is 48.5 Å². The molecule has 1 unspecified atom stereocenters. The number of benzene rings is 2. The lowest BCUT2D eigenvalue weighted by Crippen LogP contribution is -2.62. The van der Waals surface area contributed by atoms with Gasteiger partial charge < -0.3 is 14.5 Å². The fraction of sp³-hybridized carbons (Fsp3) is 0.636. The van der Waals surface area contributed by atoms with E-state index in [0.717, 1.165) is 23.2 Å². The van der Waals surface area contributed by atoms with Gasteiger partial charge in [-0.05, 0) is 87.3 Å². The molecule has 0 saturated carbocycles. The van der Waals surface area contributed by atoms with Gasteiger partial charge in [0.1, 0.15) is 11.4 Å². The van der Waals surface area contributed by atoms with Crippen molar-refractivity contribution in [3.8, 4) is 5.75 Å². The largest absolute Gasteiger partial charge is 0.497 e. The number of hydrogen-bond acceptors (Lipinski definition) is 3. The number of hydrogen-bond donors (Lipinski definition) is 0. The van der Waals surface area contributed by atoms with Crippen molar-refractivity contribution in [1.82, 2.24) is 9.38 Å². The van der Waals surface area contributed by atoms with Crippen molar-refractivity contribution in [2.75, 3.05) is 51.3 Å². The number of para-hydroxylation sites is 2. The fourth-order valence-electron chi connectivity index (χ4n) is 6.47. The third-order valence-electron chi connectivity index (χ3n) is 8.71. The topological polar surface area (TPSA) is 15.7 Å². The molecule has 2 aromatic carbocycles. The van der Waals surface area contributed by atoms with Gasteiger partial charge in [-0.3, -0.25) is 4.48 Å². The zero-order valence-corrected chi connectivity index (χ0v) is 24.3. The van der Waals surface area contributed by atoms with Gasteiger partial charge in [0.05, 0.1) is 20.2 Å². The summed E-state index contributed by atoms with van der Waals surface area (Å²) < 4.78 is 6.57. The van der Waals surface area contributed by atoms with Crippen LogP contribution in [0.3, 0.4) is 0 Å². The number of ether oxygens (including phenoxy) is 1. The summed E-state index contributed by atoms with van der Waals surface area (Å²) >= 11 is 0. The zero-order valence-electron chi connectivity index (χ0n) is 24.3. The molecule has 0 bridgehead atoms. The van der Waals surface area contributed by atoms with Crippen LogP contribution in [0.1, 0.15) is 71.8 Å². The van der Waals surface area contributed by atoms with Crippen molar-refractivity contribution in [3.05, 3.63) is 54.1 Å². The normalized spacial score (nSPS) is 19.5. The third kappa shape index (κ3) is 6.89. The number of fused-ring (bicyclic) bond motifs is 1. The number of methoxy groups -OCH3 is 1. The molecule has 204 valence electrons. The van der Waals surface area contributed by atoms with Crippen LogP contribution in [0.4, 0.5) is 11.4 Å². The van der Waals surface area contributed by atoms with Crippen LogP contribution in [0.25, 0.3) is 0 Å². The lowest BCUT2D eigenvalue weighted by Gasteiger charge is -2.43. The number of likely N-dealkylation sites (tertiary alicyclic amines) is 1. The Kier molecular flexibility index (Phi) is 9.95. The average Bonchev–Trinajstić information content (AvgIpc) is 3.16. The molecule has 2 aromatic rings. The highest BCUT2D eigenvalue weighted by Crippen LogP contribution is 2.47. The van der Waals surface area contributed by atoms with Gasteiger partial charge in [-0.2, -0.15) is 0 Å². The first-order valence-electron chi connectivity index (χ1n) is 15.0. The molecule has 37 heavy (non-hydrogen) atoms. The van der Waals surface area contributed by atoms with Crippen LogP contribution in [-0.2, 0) is 6.42 Å². The summed E-state index contributed by atoms with van der Waals surface area (Å²) in [5.41, 5.74) is 4.45. The second kappa shape index (κ2) is 13.2. The van der Waals surface area contributed by atoms with E-state index in [4.69, 9.17) is 4.74 Å². The molecule has 1 fully saturated rings. The summed E-state index contributed by atoms with van der Waals surface area (Å²) in [4.78, 5) is 5.51. The minimum Gasteiger partial charge on any atom is -0.497 e. The summed E-state index contributed by atoms with van der Waals surface area (Å²) in [6.45, 7) is 16.9. The first kappa shape index (κ1) is 28.0. The number of anilines is 1. The second-order valence-corrected chi connectivity index (χ2v) is 12.3. The van der Waals surface area contributed by atoms with Crippen LogP contribution in [0, 0.1) is 11.8 Å². The van der Waals surface area contributed by atoms with Gasteiger partial charge in [0.15, 0.2) is 11.9 Å². The van der Waals surface area contributed by atoms with E-state index in [1.807, 2.05) is 0 Å². The maximum Gasteiger partial charge on any atom is 0.173 e. The van der Waals surface area contributed by atoms with Crippen molar-refractivity contribution in [2.45, 2.75) is 78.8 Å². The lowest BCUT2D eigenvalue weighted by atomic mass is 10.0. The molecule has 4 nitrogen and oxygen atoms in total. The van der Waals surface area contributed by atoms with Crippen molar-refractivity contribution in [2.24, 2.45) is 11.8 Å². The molecule has 2 heterocycles. The van der Waals surface area contributed by atoms with E-state index < -0.39 is 0 Å². The SMILES string of the molecule is COc1ccc(CC2N(CCCN3CCCCC3)c3ccccc3[N+]2(CCC(C)C)CCC(C)C)cc1. The van der Waals surface area contributed by atoms with Gasteiger partial charge in [-0.25, -0.2) is 0 Å². The average molecular weight is 507 g/mol. The molecule has 0 aliphatic carbocycles. The van der Waals surface area contributed by atoms with Crippen molar-refractivity contribution in [3.63, 3.8) is 0 Å². The molecular weight excluding hydrogens is 454 g/mol. The monoisotopic (exact) mass is 506 g/mol. The summed E-state index contributed by atoms with van der Waals surface area (Å²) in [6, 6.07) is 18.2. The maximum atomic E-state index is 5.47. The predicted molar refractivity (Wildman–Crippen MR) is 160 cm³/mol. The quantitative estimate of drug-likeness (QED) is 0.264. The van der Waals surface area contributed by atoms with Crippen LogP contribution in [-0.4, -0.2) is 57.4 Å². The highest BCUT2D eigenvalue weighted by Gasteiger charge is 2.50. The molecule has 4 rings (SSSR count). The number of nitrogens with zero attached hydrogens (tertiary/aromatic N) is 3. The first-order chi connectivity index (χ1) is 17.9. The van der Waals surface area contributed by atoms with E-state index in [1.54, 1.807) is 12.8 Å². The lowest BCUT2D eigenvalue weighted by molar-refractivity contribution is 0.185. The Bertz CT molecular complexity index is 936. The molecule has 0 N–H and O–H groups in total. The molecule has 2 aliphatic heterocycles. The first-order valence-corrected chi connectivity index (χ1v) is 15.0. The summed E-state index contributed by atoms with van der Waals surface area (Å²) in [5.74, 6) is 2.35. The molecule has 0 amide bonds. The van der Waals surface area contributed by atoms with Gasteiger partial charge in [0.2, 0.25) is 0 Å². The Morgan fingerprint density at radius 3 is 2.11 bits per heavy atom. The molecule has 1 saturated heterocycles. The van der Waals surface area contributed by atoms with E-state index in [1.165, 1.54) is 82.5 Å². The maximum absolute atomic E-state index is 5.47. The van der Waals surface area contributed by atoms with E-state index in [9.17, 15) is 0 Å². The van der Waals surface area contributed by atoms with Gasteiger partial charge in [-0.15, -0.1) is 0 Å². The molecular formula is C33H52N3O+. The van der Waals surface area contributed by atoms with Crippen molar-refractivity contribution >= 4 is 11.4 Å². The fourth-order valence-corrected chi connectivity index (χ4v) is 6.47. The molecule has 0 spiro atoms. The van der Waals surface area contributed by atoms with Crippen LogP contribution in [0.2, 0.25) is 0 Å². The van der Waals surface area contributed by atoms with Crippen molar-refractivity contribution < 1.29 is 4.74 Å². The van der Waals surface area contributed by atoms with Gasteiger partial charge in [0.25, 0.3) is 0 Å². The van der Waals surface area contributed by atoms with Crippen molar-refractivity contribution in [1.29, 1.82) is 0 Å². The Labute approximate surface area is 227 Å². The number of quaternary nitrogens is 1. The van der Waals surface area contributed by atoms with Gasteiger partial charge in [-0.1, -0.05) is 58.4 Å². The Hall–Kier alpha value is -2.04. The van der Waals surface area contributed by atoms with E-state index in [2.05, 4.69) is 86.0 Å².